The highest BCUT2D eigenvalue weighted by Gasteiger charge is 2.41. The number of carbonyl (C=O) groups excluding carboxylic acids is 2. The van der Waals surface area contributed by atoms with Gasteiger partial charge in [-0.25, -0.2) is 9.07 Å². The number of piperazine rings is 2. The Morgan fingerprint density at radius 1 is 1.27 bits per heavy atom. The zero-order valence-electron chi connectivity index (χ0n) is 14.5. The molecule has 3 heterocycles. The molecule has 0 spiro atoms. The maximum atomic E-state index is 13.4. The van der Waals surface area contributed by atoms with Crippen molar-refractivity contribution in [1.82, 2.24) is 24.5 Å². The standard InChI is InChI=1S/C18H20FN5O2/c1-21-12-17(25)23-6-5-22(11-16(23)18(21)26)9-13-8-20-24(10-13)15-4-2-3-14(19)7-15/h2-4,7-8,10,16H,5-6,9,11-12H2,1H3/t16-/m1/s1. The topological polar surface area (TPSA) is 61.7 Å². The van der Waals surface area contributed by atoms with Gasteiger partial charge in [0.1, 0.15) is 11.9 Å². The number of hydrogen-bond acceptors (Lipinski definition) is 4. The number of hydrogen-bond donors (Lipinski definition) is 0. The summed E-state index contributed by atoms with van der Waals surface area (Å²) in [4.78, 5) is 29.8. The number of nitrogens with zero attached hydrogens (tertiary/aromatic N) is 5. The van der Waals surface area contributed by atoms with Crippen LogP contribution >= 0.6 is 0 Å². The van der Waals surface area contributed by atoms with Gasteiger partial charge in [0.15, 0.2) is 0 Å². The van der Waals surface area contributed by atoms with Gasteiger partial charge >= 0.3 is 0 Å². The molecule has 2 aliphatic rings. The summed E-state index contributed by atoms with van der Waals surface area (Å²) in [6.07, 6.45) is 3.61. The van der Waals surface area contributed by atoms with Gasteiger partial charge in [0.25, 0.3) is 0 Å². The molecule has 4 rings (SSSR count). The second-order valence-electron chi connectivity index (χ2n) is 6.81. The molecule has 2 aliphatic heterocycles. The van der Waals surface area contributed by atoms with Crippen molar-refractivity contribution in [3.05, 3.63) is 48.0 Å². The molecule has 0 unspecified atom stereocenters. The minimum Gasteiger partial charge on any atom is -0.335 e. The molecule has 2 aromatic rings. The minimum absolute atomic E-state index is 0.00949. The van der Waals surface area contributed by atoms with Gasteiger partial charge in [-0.15, -0.1) is 0 Å². The van der Waals surface area contributed by atoms with E-state index < -0.39 is 6.04 Å². The number of benzene rings is 1. The first kappa shape index (κ1) is 16.7. The predicted molar refractivity (Wildman–Crippen MR) is 91.9 cm³/mol. The Hall–Kier alpha value is -2.74. The summed E-state index contributed by atoms with van der Waals surface area (Å²) in [7, 11) is 1.67. The van der Waals surface area contributed by atoms with Crippen LogP contribution in [0.25, 0.3) is 5.69 Å². The molecule has 2 fully saturated rings. The Morgan fingerprint density at radius 3 is 2.92 bits per heavy atom. The van der Waals surface area contributed by atoms with Crippen molar-refractivity contribution < 1.29 is 14.0 Å². The van der Waals surface area contributed by atoms with E-state index in [9.17, 15) is 14.0 Å². The quantitative estimate of drug-likeness (QED) is 0.803. The van der Waals surface area contributed by atoms with Crippen LogP contribution in [-0.2, 0) is 16.1 Å². The van der Waals surface area contributed by atoms with Gasteiger partial charge in [-0.2, -0.15) is 5.10 Å². The smallest absolute Gasteiger partial charge is 0.246 e. The second-order valence-corrected chi connectivity index (χ2v) is 6.81. The number of halogens is 1. The minimum atomic E-state index is -0.409. The molecule has 1 aromatic heterocycles. The van der Waals surface area contributed by atoms with E-state index in [-0.39, 0.29) is 24.2 Å². The van der Waals surface area contributed by atoms with E-state index in [1.807, 2.05) is 6.20 Å². The lowest BCUT2D eigenvalue weighted by molar-refractivity contribution is -0.158. The van der Waals surface area contributed by atoms with Crippen molar-refractivity contribution in [3.8, 4) is 5.69 Å². The number of amides is 2. The molecule has 2 amide bonds. The lowest BCUT2D eigenvalue weighted by atomic mass is 10.1. The van der Waals surface area contributed by atoms with Gasteiger partial charge < -0.3 is 9.80 Å². The molecule has 0 N–H and O–H groups in total. The molecular formula is C18H20FN5O2. The summed E-state index contributed by atoms with van der Waals surface area (Å²) in [5, 5.41) is 4.30. The highest BCUT2D eigenvalue weighted by molar-refractivity contribution is 5.95. The molecule has 0 saturated carbocycles. The third-order valence-corrected chi connectivity index (χ3v) is 4.93. The van der Waals surface area contributed by atoms with Gasteiger partial charge in [0, 0.05) is 45.0 Å². The third kappa shape index (κ3) is 3.08. The van der Waals surface area contributed by atoms with Crippen molar-refractivity contribution in [3.63, 3.8) is 0 Å². The van der Waals surface area contributed by atoms with Crippen LogP contribution < -0.4 is 0 Å². The third-order valence-electron chi connectivity index (χ3n) is 4.93. The van der Waals surface area contributed by atoms with Crippen LogP contribution in [0.2, 0.25) is 0 Å². The Morgan fingerprint density at radius 2 is 2.12 bits per heavy atom. The second kappa shape index (κ2) is 6.53. The zero-order chi connectivity index (χ0) is 18.3. The van der Waals surface area contributed by atoms with E-state index in [1.54, 1.807) is 35.0 Å². The first-order valence-corrected chi connectivity index (χ1v) is 8.57. The van der Waals surface area contributed by atoms with E-state index in [0.29, 0.717) is 31.9 Å². The van der Waals surface area contributed by atoms with E-state index in [2.05, 4.69) is 10.00 Å². The van der Waals surface area contributed by atoms with Crippen LogP contribution in [0.1, 0.15) is 5.56 Å². The normalized spacial score (nSPS) is 21.2. The monoisotopic (exact) mass is 357 g/mol. The van der Waals surface area contributed by atoms with Crippen molar-refractivity contribution in [1.29, 1.82) is 0 Å². The average Bonchev–Trinajstić information content (AvgIpc) is 3.08. The summed E-state index contributed by atoms with van der Waals surface area (Å²) < 4.78 is 15.0. The molecule has 1 aromatic carbocycles. The Bertz CT molecular complexity index is 852. The predicted octanol–water partition coefficient (Wildman–Crippen LogP) is 0.496. The molecule has 2 saturated heterocycles. The fourth-order valence-electron chi connectivity index (χ4n) is 3.58. The highest BCUT2D eigenvalue weighted by atomic mass is 19.1. The first-order valence-electron chi connectivity index (χ1n) is 8.57. The van der Waals surface area contributed by atoms with Gasteiger partial charge in [-0.1, -0.05) is 6.07 Å². The van der Waals surface area contributed by atoms with Crippen molar-refractivity contribution in [2.75, 3.05) is 33.2 Å². The SMILES string of the molecule is CN1CC(=O)N2CCN(Cc3cnn(-c4cccc(F)c4)c3)C[C@@H]2C1=O. The van der Waals surface area contributed by atoms with Crippen LogP contribution in [0.3, 0.4) is 0 Å². The Balaban J connectivity index is 1.45. The van der Waals surface area contributed by atoms with Gasteiger partial charge in [-0.3, -0.25) is 14.5 Å². The van der Waals surface area contributed by atoms with Crippen LogP contribution in [0.15, 0.2) is 36.7 Å². The lowest BCUT2D eigenvalue weighted by Gasteiger charge is -2.45. The maximum Gasteiger partial charge on any atom is 0.246 e. The molecule has 8 heteroatoms. The van der Waals surface area contributed by atoms with Crippen LogP contribution in [0, 0.1) is 5.82 Å². The van der Waals surface area contributed by atoms with Crippen molar-refractivity contribution in [2.24, 2.45) is 0 Å². The summed E-state index contributed by atoms with van der Waals surface area (Å²) in [5.74, 6) is -0.305. The maximum absolute atomic E-state index is 13.4. The van der Waals surface area contributed by atoms with E-state index >= 15 is 0 Å². The Labute approximate surface area is 150 Å². The van der Waals surface area contributed by atoms with Gasteiger partial charge in [0.05, 0.1) is 18.4 Å². The molecule has 0 radical (unpaired) electrons. The zero-order valence-corrected chi connectivity index (χ0v) is 14.5. The van der Waals surface area contributed by atoms with E-state index in [0.717, 1.165) is 5.56 Å². The molecule has 0 aliphatic carbocycles. The molecule has 0 bridgehead atoms. The summed E-state index contributed by atoms with van der Waals surface area (Å²) >= 11 is 0. The van der Waals surface area contributed by atoms with Gasteiger partial charge in [0.2, 0.25) is 11.8 Å². The first-order chi connectivity index (χ1) is 12.5. The molecular weight excluding hydrogens is 337 g/mol. The summed E-state index contributed by atoms with van der Waals surface area (Å²) in [5.41, 5.74) is 1.64. The Kier molecular flexibility index (Phi) is 4.20. The number of carbonyl (C=O) groups is 2. The van der Waals surface area contributed by atoms with Crippen LogP contribution in [0.4, 0.5) is 4.39 Å². The fourth-order valence-corrected chi connectivity index (χ4v) is 3.58. The molecule has 1 atom stereocenters. The van der Waals surface area contributed by atoms with Crippen molar-refractivity contribution >= 4 is 11.8 Å². The number of rotatable bonds is 3. The summed E-state index contributed by atoms with van der Waals surface area (Å²) in [6, 6.07) is 5.85. The fraction of sp³-hybridized carbons (Fsp3) is 0.389. The van der Waals surface area contributed by atoms with E-state index in [4.69, 9.17) is 0 Å². The molecule has 26 heavy (non-hydrogen) atoms. The van der Waals surface area contributed by atoms with E-state index in [1.165, 1.54) is 17.0 Å². The average molecular weight is 357 g/mol. The number of aromatic nitrogens is 2. The van der Waals surface area contributed by atoms with Gasteiger partial charge in [-0.05, 0) is 18.2 Å². The number of likely N-dealkylation sites (N-methyl/N-ethyl adjacent to an activating group) is 1. The highest BCUT2D eigenvalue weighted by Crippen LogP contribution is 2.19. The molecule has 7 nitrogen and oxygen atoms in total. The van der Waals surface area contributed by atoms with Crippen LogP contribution in [0.5, 0.6) is 0 Å². The van der Waals surface area contributed by atoms with Crippen LogP contribution in [-0.4, -0.2) is 75.6 Å². The molecule has 136 valence electrons. The lowest BCUT2D eigenvalue weighted by Crippen LogP contribution is -2.65. The van der Waals surface area contributed by atoms with Crippen molar-refractivity contribution in [2.45, 2.75) is 12.6 Å². The summed E-state index contributed by atoms with van der Waals surface area (Å²) in [6.45, 7) is 2.58. The number of fused-ring (bicyclic) bond motifs is 1. The largest absolute Gasteiger partial charge is 0.335 e.